The van der Waals surface area contributed by atoms with E-state index in [1.807, 2.05) is 30.3 Å². The van der Waals surface area contributed by atoms with Crippen LogP contribution in [0.15, 0.2) is 30.3 Å². The second-order valence-electron chi connectivity index (χ2n) is 5.06. The van der Waals surface area contributed by atoms with E-state index in [2.05, 4.69) is 5.32 Å². The van der Waals surface area contributed by atoms with E-state index in [4.69, 9.17) is 15.2 Å². The van der Waals surface area contributed by atoms with Crippen LogP contribution in [0.5, 0.6) is 0 Å². The van der Waals surface area contributed by atoms with Crippen LogP contribution < -0.4 is 11.1 Å². The maximum atomic E-state index is 12.0. The Labute approximate surface area is 119 Å². The highest BCUT2D eigenvalue weighted by Gasteiger charge is 2.35. The molecule has 0 unspecified atom stereocenters. The van der Waals surface area contributed by atoms with Crippen molar-refractivity contribution in [1.29, 1.82) is 0 Å². The molecule has 5 heteroatoms. The lowest BCUT2D eigenvalue weighted by Gasteiger charge is -2.31. The number of benzene rings is 1. The van der Waals surface area contributed by atoms with E-state index in [0.29, 0.717) is 45.8 Å². The third kappa shape index (κ3) is 4.30. The molecule has 2 rings (SSSR count). The summed E-state index contributed by atoms with van der Waals surface area (Å²) in [5.41, 5.74) is 6.42. The smallest absolute Gasteiger partial charge is 0.240 e. The zero-order chi connectivity index (χ0) is 14.3. The van der Waals surface area contributed by atoms with Gasteiger partial charge < -0.3 is 20.5 Å². The molecule has 0 atom stereocenters. The number of hydrogen-bond donors (Lipinski definition) is 2. The molecule has 1 aliphatic heterocycles. The standard InChI is InChI=1S/C15H22N2O3/c16-15(6-9-19-10-7-15)14(18)17-8-11-20-12-13-4-2-1-3-5-13/h1-5H,6-12,16H2,(H,17,18). The van der Waals surface area contributed by atoms with Crippen molar-refractivity contribution in [3.8, 4) is 0 Å². The van der Waals surface area contributed by atoms with Crippen molar-refractivity contribution in [2.75, 3.05) is 26.4 Å². The van der Waals surface area contributed by atoms with Gasteiger partial charge in [0.15, 0.2) is 0 Å². The SMILES string of the molecule is NC1(C(=O)NCCOCc2ccccc2)CCOCC1. The van der Waals surface area contributed by atoms with Crippen molar-refractivity contribution in [2.45, 2.75) is 25.0 Å². The van der Waals surface area contributed by atoms with Gasteiger partial charge in [-0.05, 0) is 18.4 Å². The van der Waals surface area contributed by atoms with Crippen molar-refractivity contribution >= 4 is 5.91 Å². The molecule has 1 aliphatic rings. The van der Waals surface area contributed by atoms with E-state index in [9.17, 15) is 4.79 Å². The maximum absolute atomic E-state index is 12.0. The molecule has 1 heterocycles. The summed E-state index contributed by atoms with van der Waals surface area (Å²) in [5.74, 6) is -0.107. The highest BCUT2D eigenvalue weighted by molar-refractivity contribution is 5.86. The molecule has 3 N–H and O–H groups in total. The largest absolute Gasteiger partial charge is 0.381 e. The molecule has 0 saturated carbocycles. The summed E-state index contributed by atoms with van der Waals surface area (Å²) in [6.07, 6.45) is 1.15. The topological polar surface area (TPSA) is 73.6 Å². The molecular weight excluding hydrogens is 256 g/mol. The monoisotopic (exact) mass is 278 g/mol. The molecule has 5 nitrogen and oxygen atoms in total. The molecule has 1 saturated heterocycles. The highest BCUT2D eigenvalue weighted by atomic mass is 16.5. The van der Waals surface area contributed by atoms with Gasteiger partial charge >= 0.3 is 0 Å². The van der Waals surface area contributed by atoms with Crippen LogP contribution in [-0.2, 0) is 20.9 Å². The number of amides is 1. The average Bonchev–Trinajstić information content (AvgIpc) is 2.48. The Kier molecular flexibility index (Phi) is 5.52. The predicted octanol–water partition coefficient (Wildman–Crippen LogP) is 0.827. The van der Waals surface area contributed by atoms with Crippen molar-refractivity contribution < 1.29 is 14.3 Å². The normalized spacial score (nSPS) is 17.6. The fourth-order valence-electron chi connectivity index (χ4n) is 2.14. The summed E-state index contributed by atoms with van der Waals surface area (Å²) in [6, 6.07) is 9.94. The molecule has 0 aliphatic carbocycles. The van der Waals surface area contributed by atoms with E-state index in [-0.39, 0.29) is 5.91 Å². The van der Waals surface area contributed by atoms with Crippen molar-refractivity contribution in [1.82, 2.24) is 5.32 Å². The molecular formula is C15H22N2O3. The van der Waals surface area contributed by atoms with Crippen LogP contribution in [0.25, 0.3) is 0 Å². The average molecular weight is 278 g/mol. The lowest BCUT2D eigenvalue weighted by molar-refractivity contribution is -0.130. The van der Waals surface area contributed by atoms with Gasteiger partial charge in [0, 0.05) is 19.8 Å². The lowest BCUT2D eigenvalue weighted by Crippen LogP contribution is -2.57. The Bertz CT molecular complexity index is 416. The number of rotatable bonds is 6. The zero-order valence-electron chi connectivity index (χ0n) is 11.6. The number of hydrogen-bond acceptors (Lipinski definition) is 4. The molecule has 0 aromatic heterocycles. The molecule has 0 bridgehead atoms. The molecule has 0 radical (unpaired) electrons. The Morgan fingerprint density at radius 3 is 2.70 bits per heavy atom. The van der Waals surface area contributed by atoms with Gasteiger partial charge in [0.05, 0.1) is 18.8 Å². The molecule has 110 valence electrons. The van der Waals surface area contributed by atoms with E-state index in [1.54, 1.807) is 0 Å². The maximum Gasteiger partial charge on any atom is 0.240 e. The number of ether oxygens (including phenoxy) is 2. The highest BCUT2D eigenvalue weighted by Crippen LogP contribution is 2.17. The van der Waals surface area contributed by atoms with Crippen LogP contribution in [0.2, 0.25) is 0 Å². The minimum Gasteiger partial charge on any atom is -0.381 e. The van der Waals surface area contributed by atoms with Crippen LogP contribution in [0, 0.1) is 0 Å². The third-order valence-electron chi connectivity index (χ3n) is 3.48. The second kappa shape index (κ2) is 7.38. The number of nitrogens with one attached hydrogen (secondary N) is 1. The van der Waals surface area contributed by atoms with Crippen LogP contribution in [0.1, 0.15) is 18.4 Å². The number of carbonyl (C=O) groups is 1. The molecule has 1 aromatic carbocycles. The number of nitrogens with two attached hydrogens (primary N) is 1. The quantitative estimate of drug-likeness (QED) is 0.756. The Morgan fingerprint density at radius 2 is 2.00 bits per heavy atom. The summed E-state index contributed by atoms with van der Waals surface area (Å²) < 4.78 is 10.7. The van der Waals surface area contributed by atoms with Crippen molar-refractivity contribution in [3.05, 3.63) is 35.9 Å². The Morgan fingerprint density at radius 1 is 1.30 bits per heavy atom. The van der Waals surface area contributed by atoms with E-state index in [1.165, 1.54) is 0 Å². The zero-order valence-corrected chi connectivity index (χ0v) is 11.6. The first-order valence-electron chi connectivity index (χ1n) is 6.97. The van der Waals surface area contributed by atoms with Crippen LogP contribution in [0.3, 0.4) is 0 Å². The summed E-state index contributed by atoms with van der Waals surface area (Å²) in [5, 5.41) is 2.83. The van der Waals surface area contributed by atoms with Gasteiger partial charge in [-0.2, -0.15) is 0 Å². The van der Waals surface area contributed by atoms with E-state index < -0.39 is 5.54 Å². The first-order chi connectivity index (χ1) is 9.71. The van der Waals surface area contributed by atoms with Gasteiger partial charge in [0.25, 0.3) is 0 Å². The fraction of sp³-hybridized carbons (Fsp3) is 0.533. The Balaban J connectivity index is 1.62. The van der Waals surface area contributed by atoms with Crippen LogP contribution in [0.4, 0.5) is 0 Å². The number of carbonyl (C=O) groups excluding carboxylic acids is 1. The van der Waals surface area contributed by atoms with Gasteiger partial charge in [-0.3, -0.25) is 4.79 Å². The summed E-state index contributed by atoms with van der Waals surface area (Å²) >= 11 is 0. The van der Waals surface area contributed by atoms with Gasteiger partial charge in [-0.1, -0.05) is 30.3 Å². The minimum absolute atomic E-state index is 0.107. The summed E-state index contributed by atoms with van der Waals surface area (Å²) in [4.78, 5) is 12.0. The van der Waals surface area contributed by atoms with Gasteiger partial charge in [-0.15, -0.1) is 0 Å². The van der Waals surface area contributed by atoms with Gasteiger partial charge in [0.1, 0.15) is 0 Å². The minimum atomic E-state index is -0.780. The predicted molar refractivity (Wildman–Crippen MR) is 76.1 cm³/mol. The molecule has 20 heavy (non-hydrogen) atoms. The van der Waals surface area contributed by atoms with Crippen LogP contribution >= 0.6 is 0 Å². The van der Waals surface area contributed by atoms with Gasteiger partial charge in [0.2, 0.25) is 5.91 Å². The van der Waals surface area contributed by atoms with E-state index in [0.717, 1.165) is 5.56 Å². The Hall–Kier alpha value is -1.43. The van der Waals surface area contributed by atoms with Crippen molar-refractivity contribution in [2.24, 2.45) is 5.73 Å². The second-order valence-corrected chi connectivity index (χ2v) is 5.06. The molecule has 1 aromatic rings. The lowest BCUT2D eigenvalue weighted by atomic mass is 9.90. The first-order valence-corrected chi connectivity index (χ1v) is 6.97. The molecule has 1 fully saturated rings. The van der Waals surface area contributed by atoms with E-state index >= 15 is 0 Å². The van der Waals surface area contributed by atoms with Gasteiger partial charge in [-0.25, -0.2) is 0 Å². The third-order valence-corrected chi connectivity index (χ3v) is 3.48. The van der Waals surface area contributed by atoms with Crippen LogP contribution in [-0.4, -0.2) is 37.8 Å². The molecule has 1 amide bonds. The first kappa shape index (κ1) is 15.0. The van der Waals surface area contributed by atoms with Crippen molar-refractivity contribution in [3.63, 3.8) is 0 Å². The summed E-state index contributed by atoms with van der Waals surface area (Å²) in [7, 11) is 0. The summed E-state index contributed by atoms with van der Waals surface area (Å²) in [6.45, 7) is 2.61. The molecule has 0 spiro atoms. The fourth-order valence-corrected chi connectivity index (χ4v) is 2.14.